The largest absolute Gasteiger partial charge is 0.398 e. The van der Waals surface area contributed by atoms with Crippen molar-refractivity contribution in [2.75, 3.05) is 11.5 Å². The van der Waals surface area contributed by atoms with E-state index in [-0.39, 0.29) is 5.91 Å². The molecule has 2 atom stereocenters. The van der Waals surface area contributed by atoms with Gasteiger partial charge in [-0.1, -0.05) is 25.5 Å². The van der Waals surface area contributed by atoms with Crippen molar-refractivity contribution in [3.05, 3.63) is 29.8 Å². The highest BCUT2D eigenvalue weighted by Crippen LogP contribution is 2.28. The number of rotatable bonds is 4. The summed E-state index contributed by atoms with van der Waals surface area (Å²) in [6, 6.07) is 7.55. The van der Waals surface area contributed by atoms with E-state index in [0.29, 0.717) is 22.5 Å². The van der Waals surface area contributed by atoms with E-state index in [9.17, 15) is 4.79 Å². The maximum absolute atomic E-state index is 12.2. The molecule has 1 aliphatic carbocycles. The van der Waals surface area contributed by atoms with E-state index in [2.05, 4.69) is 12.2 Å². The number of thioether (sulfide) groups is 1. The van der Waals surface area contributed by atoms with Crippen molar-refractivity contribution in [3.8, 4) is 0 Å². The zero-order valence-electron chi connectivity index (χ0n) is 11.4. The third-order valence-electron chi connectivity index (χ3n) is 3.57. The molecule has 1 aromatic rings. The lowest BCUT2D eigenvalue weighted by Crippen LogP contribution is -2.39. The van der Waals surface area contributed by atoms with E-state index in [4.69, 9.17) is 5.73 Å². The number of hydrogen-bond acceptors (Lipinski definition) is 3. The Kier molecular flexibility index (Phi) is 5.14. The molecule has 3 N–H and O–H groups in total. The van der Waals surface area contributed by atoms with Crippen LogP contribution in [-0.2, 0) is 0 Å². The molecule has 19 heavy (non-hydrogen) atoms. The van der Waals surface area contributed by atoms with Gasteiger partial charge < -0.3 is 11.1 Å². The summed E-state index contributed by atoms with van der Waals surface area (Å²) < 4.78 is 0. The lowest BCUT2D eigenvalue weighted by molar-refractivity contribution is 0.0929. The molecule has 0 bridgehead atoms. The van der Waals surface area contributed by atoms with Crippen LogP contribution in [0.4, 0.5) is 5.69 Å². The number of anilines is 1. The number of amides is 1. The van der Waals surface area contributed by atoms with Gasteiger partial charge in [-0.15, -0.1) is 0 Å². The Bertz CT molecular complexity index is 434. The van der Waals surface area contributed by atoms with Gasteiger partial charge in [0.25, 0.3) is 5.91 Å². The third kappa shape index (κ3) is 3.90. The predicted octanol–water partition coefficient (Wildman–Crippen LogP) is 3.06. The number of hydrogen-bond donors (Lipinski definition) is 2. The summed E-state index contributed by atoms with van der Waals surface area (Å²) in [5.41, 5.74) is 6.98. The first-order chi connectivity index (χ1) is 9.20. The van der Waals surface area contributed by atoms with Gasteiger partial charge in [0.15, 0.2) is 0 Å². The van der Waals surface area contributed by atoms with Crippen LogP contribution < -0.4 is 11.1 Å². The minimum absolute atomic E-state index is 0.0368. The number of carbonyl (C=O) groups excluding carboxylic acids is 1. The average molecular weight is 278 g/mol. The predicted molar refractivity (Wildman–Crippen MR) is 82.5 cm³/mol. The van der Waals surface area contributed by atoms with E-state index in [1.807, 2.05) is 23.9 Å². The van der Waals surface area contributed by atoms with Crippen molar-refractivity contribution in [2.24, 2.45) is 0 Å². The van der Waals surface area contributed by atoms with Crippen molar-refractivity contribution in [1.29, 1.82) is 0 Å². The molecular formula is C15H22N2OS. The lowest BCUT2D eigenvalue weighted by atomic mass is 9.94. The molecule has 0 spiro atoms. The summed E-state index contributed by atoms with van der Waals surface area (Å²) in [5, 5.41) is 3.82. The highest BCUT2D eigenvalue weighted by atomic mass is 32.2. The van der Waals surface area contributed by atoms with Gasteiger partial charge in [0.05, 0.1) is 5.56 Å². The molecule has 0 heterocycles. The number of nitrogens with one attached hydrogen (secondary N) is 1. The molecule has 1 amide bonds. The first-order valence-electron chi connectivity index (χ1n) is 6.97. The molecule has 1 saturated carbocycles. The number of nitrogen functional groups attached to an aromatic ring is 1. The number of nitrogens with two attached hydrogens (primary N) is 1. The summed E-state index contributed by atoms with van der Waals surface area (Å²) in [5.74, 6) is 1.11. The fourth-order valence-corrected chi connectivity index (χ4v) is 3.80. The molecule has 104 valence electrons. The van der Waals surface area contributed by atoms with Gasteiger partial charge in [0, 0.05) is 17.0 Å². The Balaban J connectivity index is 1.93. The smallest absolute Gasteiger partial charge is 0.253 e. The minimum Gasteiger partial charge on any atom is -0.398 e. The second-order valence-electron chi connectivity index (χ2n) is 5.00. The standard InChI is InChI=1S/C15H22N2OS/c1-2-19-12-7-5-6-11(10-12)17-15(18)13-8-3-4-9-14(13)16/h3-4,8-9,11-12H,2,5-7,10,16H2,1H3,(H,17,18). The van der Waals surface area contributed by atoms with Crippen molar-refractivity contribution in [2.45, 2.75) is 43.9 Å². The maximum Gasteiger partial charge on any atom is 0.253 e. The quantitative estimate of drug-likeness (QED) is 0.832. The summed E-state index contributed by atoms with van der Waals surface area (Å²) in [6.07, 6.45) is 4.64. The zero-order valence-corrected chi connectivity index (χ0v) is 12.2. The fraction of sp³-hybridized carbons (Fsp3) is 0.533. The first-order valence-corrected chi connectivity index (χ1v) is 8.02. The van der Waals surface area contributed by atoms with Gasteiger partial charge in [-0.25, -0.2) is 0 Å². The van der Waals surface area contributed by atoms with Crippen molar-refractivity contribution < 1.29 is 4.79 Å². The number of para-hydroxylation sites is 1. The van der Waals surface area contributed by atoms with Gasteiger partial charge in [-0.05, 0) is 37.1 Å². The van der Waals surface area contributed by atoms with Crippen molar-refractivity contribution >= 4 is 23.4 Å². The maximum atomic E-state index is 12.2. The van der Waals surface area contributed by atoms with Crippen LogP contribution in [0.3, 0.4) is 0 Å². The van der Waals surface area contributed by atoms with E-state index in [1.54, 1.807) is 12.1 Å². The second-order valence-corrected chi connectivity index (χ2v) is 6.58. The Hall–Kier alpha value is -1.16. The third-order valence-corrected chi connectivity index (χ3v) is 4.80. The molecular weight excluding hydrogens is 256 g/mol. The van der Waals surface area contributed by atoms with E-state index >= 15 is 0 Å². The highest BCUT2D eigenvalue weighted by Gasteiger charge is 2.23. The lowest BCUT2D eigenvalue weighted by Gasteiger charge is -2.29. The second kappa shape index (κ2) is 6.85. The molecule has 3 nitrogen and oxygen atoms in total. The van der Waals surface area contributed by atoms with Crippen LogP contribution in [0, 0.1) is 0 Å². The molecule has 0 aromatic heterocycles. The monoisotopic (exact) mass is 278 g/mol. The molecule has 0 aliphatic heterocycles. The minimum atomic E-state index is -0.0368. The summed E-state index contributed by atoms with van der Waals surface area (Å²) in [7, 11) is 0. The van der Waals surface area contributed by atoms with E-state index < -0.39 is 0 Å². The normalized spacial score (nSPS) is 23.0. The van der Waals surface area contributed by atoms with Gasteiger partial charge in [0.1, 0.15) is 0 Å². The molecule has 2 rings (SSSR count). The Morgan fingerprint density at radius 2 is 2.21 bits per heavy atom. The highest BCUT2D eigenvalue weighted by molar-refractivity contribution is 7.99. The van der Waals surface area contributed by atoms with Crippen LogP contribution in [0.5, 0.6) is 0 Å². The van der Waals surface area contributed by atoms with E-state index in [1.165, 1.54) is 12.8 Å². The Labute approximate surface area is 119 Å². The Morgan fingerprint density at radius 1 is 1.42 bits per heavy atom. The number of carbonyl (C=O) groups is 1. The van der Waals surface area contributed by atoms with Gasteiger partial charge in [-0.2, -0.15) is 11.8 Å². The van der Waals surface area contributed by atoms with Crippen molar-refractivity contribution in [1.82, 2.24) is 5.32 Å². The Morgan fingerprint density at radius 3 is 2.95 bits per heavy atom. The summed E-state index contributed by atoms with van der Waals surface area (Å²) in [4.78, 5) is 12.2. The van der Waals surface area contributed by atoms with Crippen molar-refractivity contribution in [3.63, 3.8) is 0 Å². The fourth-order valence-electron chi connectivity index (χ4n) is 2.63. The molecule has 4 heteroatoms. The summed E-state index contributed by atoms with van der Waals surface area (Å²) in [6.45, 7) is 2.19. The topological polar surface area (TPSA) is 55.1 Å². The van der Waals surface area contributed by atoms with Gasteiger partial charge in [-0.3, -0.25) is 4.79 Å². The van der Waals surface area contributed by atoms with Gasteiger partial charge in [0.2, 0.25) is 0 Å². The molecule has 1 aromatic carbocycles. The molecule has 1 aliphatic rings. The van der Waals surface area contributed by atoms with Crippen LogP contribution >= 0.6 is 11.8 Å². The van der Waals surface area contributed by atoms with Gasteiger partial charge >= 0.3 is 0 Å². The molecule has 0 radical (unpaired) electrons. The SMILES string of the molecule is CCSC1CCCC(NC(=O)c2ccccc2N)C1. The molecule has 1 fully saturated rings. The molecule has 0 saturated heterocycles. The van der Waals surface area contributed by atoms with Crippen LogP contribution in [0.15, 0.2) is 24.3 Å². The van der Waals surface area contributed by atoms with Crippen LogP contribution in [0.2, 0.25) is 0 Å². The number of benzene rings is 1. The van der Waals surface area contributed by atoms with Crippen LogP contribution in [-0.4, -0.2) is 23.0 Å². The van der Waals surface area contributed by atoms with Crippen LogP contribution in [0.25, 0.3) is 0 Å². The first kappa shape index (κ1) is 14.3. The van der Waals surface area contributed by atoms with E-state index in [0.717, 1.165) is 18.6 Å². The average Bonchev–Trinajstić information content (AvgIpc) is 2.40. The molecule has 2 unspecified atom stereocenters. The summed E-state index contributed by atoms with van der Waals surface area (Å²) >= 11 is 2.01. The zero-order chi connectivity index (χ0) is 13.7. The van der Waals surface area contributed by atoms with Crippen LogP contribution in [0.1, 0.15) is 43.0 Å².